The summed E-state index contributed by atoms with van der Waals surface area (Å²) in [6.07, 6.45) is 6.18. The predicted octanol–water partition coefficient (Wildman–Crippen LogP) is 1.52. The Hall–Kier alpha value is -2.88. The topological polar surface area (TPSA) is 97.7 Å². The van der Waals surface area contributed by atoms with Crippen LogP contribution in [0.4, 0.5) is 5.82 Å². The predicted molar refractivity (Wildman–Crippen MR) is 80.5 cm³/mol. The average molecular weight is 296 g/mol. The van der Waals surface area contributed by atoms with E-state index in [-0.39, 0.29) is 11.8 Å². The number of nitriles is 1. The molecule has 0 aliphatic carbocycles. The highest BCUT2D eigenvalue weighted by molar-refractivity contribution is 5.92. The molecule has 22 heavy (non-hydrogen) atoms. The first-order valence-electron chi connectivity index (χ1n) is 7.09. The van der Waals surface area contributed by atoms with Crippen molar-refractivity contribution in [3.05, 3.63) is 30.2 Å². The van der Waals surface area contributed by atoms with Crippen molar-refractivity contribution in [2.75, 3.05) is 18.4 Å². The Kier molecular flexibility index (Phi) is 3.74. The Morgan fingerprint density at radius 1 is 1.59 bits per heavy atom. The van der Waals surface area contributed by atoms with E-state index in [4.69, 9.17) is 5.26 Å². The smallest absolute Gasteiger partial charge is 0.230 e. The highest BCUT2D eigenvalue weighted by atomic mass is 16.2. The monoisotopic (exact) mass is 296 g/mol. The molecule has 1 amide bonds. The van der Waals surface area contributed by atoms with Gasteiger partial charge in [-0.15, -0.1) is 0 Å². The van der Waals surface area contributed by atoms with Gasteiger partial charge in [0.05, 0.1) is 12.1 Å². The van der Waals surface area contributed by atoms with Gasteiger partial charge in [0.25, 0.3) is 0 Å². The normalized spacial score (nSPS) is 17.3. The lowest BCUT2D eigenvalue weighted by atomic mass is 10.1. The molecule has 0 spiro atoms. The first-order chi connectivity index (χ1) is 10.7. The fourth-order valence-electron chi connectivity index (χ4n) is 2.60. The molecule has 0 bridgehead atoms. The molecule has 1 atom stereocenters. The van der Waals surface area contributed by atoms with Gasteiger partial charge in [0.15, 0.2) is 6.19 Å². The van der Waals surface area contributed by atoms with Crippen LogP contribution < -0.4 is 5.32 Å². The van der Waals surface area contributed by atoms with E-state index in [1.165, 1.54) is 0 Å². The van der Waals surface area contributed by atoms with Gasteiger partial charge < -0.3 is 10.2 Å². The molecule has 7 nitrogen and oxygen atoms in total. The third-order valence-corrected chi connectivity index (χ3v) is 3.85. The van der Waals surface area contributed by atoms with Crippen molar-refractivity contribution in [3.63, 3.8) is 0 Å². The summed E-state index contributed by atoms with van der Waals surface area (Å²) in [5, 5.41) is 18.6. The number of hydrogen-bond acceptors (Lipinski definition) is 5. The summed E-state index contributed by atoms with van der Waals surface area (Å²) in [7, 11) is 0. The number of pyridine rings is 1. The Labute approximate surface area is 128 Å². The zero-order valence-corrected chi connectivity index (χ0v) is 12.2. The molecule has 0 saturated carbocycles. The lowest BCUT2D eigenvalue weighted by Crippen LogP contribution is -2.25. The van der Waals surface area contributed by atoms with Crippen molar-refractivity contribution in [2.45, 2.75) is 13.3 Å². The van der Waals surface area contributed by atoms with Crippen LogP contribution in [0, 0.1) is 24.3 Å². The molecule has 2 aromatic heterocycles. The van der Waals surface area contributed by atoms with E-state index >= 15 is 0 Å². The van der Waals surface area contributed by atoms with Crippen molar-refractivity contribution in [3.8, 4) is 17.3 Å². The number of hydrogen-bond donors (Lipinski definition) is 2. The summed E-state index contributed by atoms with van der Waals surface area (Å²) < 4.78 is 0. The number of amides is 1. The van der Waals surface area contributed by atoms with Crippen LogP contribution in [0.3, 0.4) is 0 Å². The molecule has 2 aromatic rings. The Bertz CT molecular complexity index is 732. The number of H-pyrrole nitrogens is 1. The largest absolute Gasteiger partial charge is 0.310 e. The Morgan fingerprint density at radius 2 is 2.45 bits per heavy atom. The second-order valence-corrected chi connectivity index (χ2v) is 5.36. The molecule has 0 unspecified atom stereocenters. The average Bonchev–Trinajstić information content (AvgIpc) is 3.16. The third kappa shape index (κ3) is 2.76. The van der Waals surface area contributed by atoms with Gasteiger partial charge in [-0.05, 0) is 31.0 Å². The molecule has 1 fully saturated rings. The van der Waals surface area contributed by atoms with Gasteiger partial charge in [-0.25, -0.2) is 4.98 Å². The van der Waals surface area contributed by atoms with E-state index in [9.17, 15) is 4.79 Å². The minimum Gasteiger partial charge on any atom is -0.310 e. The van der Waals surface area contributed by atoms with E-state index in [2.05, 4.69) is 26.7 Å². The SMILES string of the molecule is Cc1[nH]ncc1-c1ccnc(NC(=O)[C@H]2CCN(C#N)C2)c1. The number of aromatic amines is 1. The number of nitrogens with zero attached hydrogens (tertiary/aromatic N) is 4. The maximum absolute atomic E-state index is 12.2. The summed E-state index contributed by atoms with van der Waals surface area (Å²) in [5.74, 6) is 0.255. The van der Waals surface area contributed by atoms with Crippen LogP contribution in [0.15, 0.2) is 24.5 Å². The fourth-order valence-corrected chi connectivity index (χ4v) is 2.60. The van der Waals surface area contributed by atoms with Crippen LogP contribution in [0.1, 0.15) is 12.1 Å². The second-order valence-electron chi connectivity index (χ2n) is 5.36. The van der Waals surface area contributed by atoms with E-state index in [1.807, 2.05) is 19.1 Å². The van der Waals surface area contributed by atoms with Crippen LogP contribution >= 0.6 is 0 Å². The summed E-state index contributed by atoms with van der Waals surface area (Å²) >= 11 is 0. The van der Waals surface area contributed by atoms with Gasteiger partial charge in [0.1, 0.15) is 5.82 Å². The van der Waals surface area contributed by atoms with E-state index in [1.54, 1.807) is 17.3 Å². The van der Waals surface area contributed by atoms with Crippen molar-refractivity contribution >= 4 is 11.7 Å². The number of rotatable bonds is 3. The van der Waals surface area contributed by atoms with Gasteiger partial charge in [-0.1, -0.05) is 0 Å². The quantitative estimate of drug-likeness (QED) is 0.837. The van der Waals surface area contributed by atoms with Gasteiger partial charge in [-0.3, -0.25) is 9.89 Å². The third-order valence-electron chi connectivity index (χ3n) is 3.85. The molecule has 0 radical (unpaired) electrons. The van der Waals surface area contributed by atoms with Gasteiger partial charge >= 0.3 is 0 Å². The van der Waals surface area contributed by atoms with E-state index < -0.39 is 0 Å². The molecule has 3 heterocycles. The molecule has 3 rings (SSSR count). The lowest BCUT2D eigenvalue weighted by Gasteiger charge is -2.11. The lowest BCUT2D eigenvalue weighted by molar-refractivity contribution is -0.119. The van der Waals surface area contributed by atoms with Crippen LogP contribution in [0.5, 0.6) is 0 Å². The zero-order chi connectivity index (χ0) is 15.5. The highest BCUT2D eigenvalue weighted by Crippen LogP contribution is 2.24. The van der Waals surface area contributed by atoms with Crippen molar-refractivity contribution in [2.24, 2.45) is 5.92 Å². The van der Waals surface area contributed by atoms with Crippen LogP contribution in [0.2, 0.25) is 0 Å². The van der Waals surface area contributed by atoms with Crippen molar-refractivity contribution in [1.82, 2.24) is 20.1 Å². The van der Waals surface area contributed by atoms with Gasteiger partial charge in [-0.2, -0.15) is 10.4 Å². The van der Waals surface area contributed by atoms with Crippen LogP contribution in [-0.2, 0) is 4.79 Å². The molecule has 0 aromatic carbocycles. The molecule has 1 aliphatic heterocycles. The molecule has 2 N–H and O–H groups in total. The number of aromatic nitrogens is 3. The van der Waals surface area contributed by atoms with Gasteiger partial charge in [0, 0.05) is 30.5 Å². The first kappa shape index (κ1) is 14.1. The number of aryl methyl sites for hydroxylation is 1. The molecule has 112 valence electrons. The molecule has 1 saturated heterocycles. The summed E-state index contributed by atoms with van der Waals surface area (Å²) in [6, 6.07) is 3.70. The van der Waals surface area contributed by atoms with Crippen LogP contribution in [-0.4, -0.2) is 39.1 Å². The first-order valence-corrected chi connectivity index (χ1v) is 7.09. The summed E-state index contributed by atoms with van der Waals surface area (Å²) in [4.78, 5) is 18.0. The number of carbonyl (C=O) groups excluding carboxylic acids is 1. The number of anilines is 1. The number of likely N-dealkylation sites (tertiary alicyclic amines) is 1. The standard InChI is InChI=1S/C15H16N6O/c1-10-13(7-18-20-10)11-2-4-17-14(6-11)19-15(22)12-3-5-21(8-12)9-16/h2,4,6-7,12H,3,5,8H2,1H3,(H,18,20)(H,17,19,22)/t12-/m0/s1. The Morgan fingerprint density at radius 3 is 3.14 bits per heavy atom. The van der Waals surface area contributed by atoms with Crippen molar-refractivity contribution in [1.29, 1.82) is 5.26 Å². The zero-order valence-electron chi connectivity index (χ0n) is 12.2. The van der Waals surface area contributed by atoms with E-state index in [0.717, 1.165) is 16.8 Å². The van der Waals surface area contributed by atoms with Crippen LogP contribution in [0.25, 0.3) is 11.1 Å². The second kappa shape index (κ2) is 5.85. The molecular weight excluding hydrogens is 280 g/mol. The van der Waals surface area contributed by atoms with Gasteiger partial charge in [0.2, 0.25) is 5.91 Å². The summed E-state index contributed by atoms with van der Waals surface area (Å²) in [5.41, 5.74) is 2.89. The maximum atomic E-state index is 12.2. The molecule has 1 aliphatic rings. The minimum absolute atomic E-state index is 0.0914. The molecule has 7 heteroatoms. The van der Waals surface area contributed by atoms with Crippen molar-refractivity contribution < 1.29 is 4.79 Å². The number of carbonyl (C=O) groups is 1. The highest BCUT2D eigenvalue weighted by Gasteiger charge is 2.28. The minimum atomic E-state index is -0.166. The maximum Gasteiger partial charge on any atom is 0.230 e. The molecular formula is C15H16N6O. The number of nitrogens with one attached hydrogen (secondary N) is 2. The summed E-state index contributed by atoms with van der Waals surface area (Å²) in [6.45, 7) is 3.05. The Balaban J connectivity index is 1.72. The van der Waals surface area contributed by atoms with E-state index in [0.29, 0.717) is 25.3 Å². The fraction of sp³-hybridized carbons (Fsp3) is 0.333.